The van der Waals surface area contributed by atoms with Crippen LogP contribution >= 0.6 is 27.5 Å². The van der Waals surface area contributed by atoms with E-state index in [1.165, 1.54) is 6.07 Å². The molecule has 0 aliphatic carbocycles. The third-order valence-corrected chi connectivity index (χ3v) is 3.65. The molecule has 0 saturated heterocycles. The second-order valence-corrected chi connectivity index (χ2v) is 5.86. The molecule has 21 heavy (non-hydrogen) atoms. The lowest BCUT2D eigenvalue weighted by Gasteiger charge is -2.10. The van der Waals surface area contributed by atoms with Crippen molar-refractivity contribution in [3.05, 3.63) is 51.1 Å². The van der Waals surface area contributed by atoms with Crippen molar-refractivity contribution in [3.8, 4) is 0 Å². The van der Waals surface area contributed by atoms with Gasteiger partial charge in [-0.15, -0.1) is 0 Å². The molecule has 0 spiro atoms. The maximum absolute atomic E-state index is 11.2. The molecule has 0 radical (unpaired) electrons. The minimum Gasteiger partial charge on any atom is -0.478 e. The van der Waals surface area contributed by atoms with Crippen LogP contribution in [0.25, 0.3) is 0 Å². The van der Waals surface area contributed by atoms with Crippen LogP contribution in [0.4, 0.5) is 11.5 Å². The number of carboxylic acid groups (broad SMARTS) is 1. The van der Waals surface area contributed by atoms with Crippen LogP contribution in [-0.2, 0) is 6.42 Å². The molecular formula is C15H14BrClN2O2. The predicted molar refractivity (Wildman–Crippen MR) is 87.6 cm³/mol. The standard InChI is InChI=1S/C15H14BrClN2O2/c1-2-3-11-6-9(15(20)21)7-14(18-11)19-13-8-10(16)4-5-12(13)17/h4-8H,2-3H2,1H3,(H,18,19)(H,20,21). The van der Waals surface area contributed by atoms with E-state index in [0.717, 1.165) is 23.0 Å². The zero-order valence-electron chi connectivity index (χ0n) is 11.4. The molecule has 0 fully saturated rings. The van der Waals surface area contributed by atoms with E-state index in [0.29, 0.717) is 16.5 Å². The first-order chi connectivity index (χ1) is 9.99. The summed E-state index contributed by atoms with van der Waals surface area (Å²) >= 11 is 9.50. The third-order valence-electron chi connectivity index (χ3n) is 2.82. The molecule has 0 amide bonds. The van der Waals surface area contributed by atoms with E-state index >= 15 is 0 Å². The number of benzene rings is 1. The highest BCUT2D eigenvalue weighted by molar-refractivity contribution is 9.10. The maximum atomic E-state index is 11.2. The van der Waals surface area contributed by atoms with Gasteiger partial charge in [-0.05, 0) is 36.8 Å². The molecule has 4 nitrogen and oxygen atoms in total. The summed E-state index contributed by atoms with van der Waals surface area (Å²) in [5.74, 6) is -0.503. The lowest BCUT2D eigenvalue weighted by Crippen LogP contribution is -2.04. The second kappa shape index (κ2) is 6.91. The van der Waals surface area contributed by atoms with Crippen LogP contribution in [0.15, 0.2) is 34.8 Å². The van der Waals surface area contributed by atoms with Gasteiger partial charge in [0.15, 0.2) is 0 Å². The van der Waals surface area contributed by atoms with Crippen molar-refractivity contribution >= 4 is 45.0 Å². The number of carbonyl (C=O) groups is 1. The summed E-state index contributed by atoms with van der Waals surface area (Å²) in [6.07, 6.45) is 1.62. The molecule has 2 aromatic rings. The molecule has 0 aliphatic rings. The Bertz CT molecular complexity index is 677. The fraction of sp³-hybridized carbons (Fsp3) is 0.200. The average Bonchev–Trinajstić information content (AvgIpc) is 2.43. The van der Waals surface area contributed by atoms with Crippen LogP contribution < -0.4 is 5.32 Å². The van der Waals surface area contributed by atoms with Crippen molar-refractivity contribution < 1.29 is 9.90 Å². The number of pyridine rings is 1. The van der Waals surface area contributed by atoms with Gasteiger partial charge in [0.25, 0.3) is 0 Å². The molecule has 0 saturated carbocycles. The van der Waals surface area contributed by atoms with E-state index in [4.69, 9.17) is 11.6 Å². The minimum atomic E-state index is -0.974. The number of aromatic nitrogens is 1. The molecule has 1 heterocycles. The largest absolute Gasteiger partial charge is 0.478 e. The highest BCUT2D eigenvalue weighted by atomic mass is 79.9. The van der Waals surface area contributed by atoms with E-state index < -0.39 is 5.97 Å². The quantitative estimate of drug-likeness (QED) is 0.787. The van der Waals surface area contributed by atoms with Gasteiger partial charge in [0.2, 0.25) is 0 Å². The van der Waals surface area contributed by atoms with Crippen LogP contribution in [-0.4, -0.2) is 16.1 Å². The normalized spacial score (nSPS) is 10.4. The first-order valence-corrected chi connectivity index (χ1v) is 7.63. The van der Waals surface area contributed by atoms with Crippen molar-refractivity contribution in [2.24, 2.45) is 0 Å². The van der Waals surface area contributed by atoms with Gasteiger partial charge in [0.1, 0.15) is 5.82 Å². The number of aryl methyl sites for hydroxylation is 1. The SMILES string of the molecule is CCCc1cc(C(=O)O)cc(Nc2cc(Br)ccc2Cl)n1. The van der Waals surface area contributed by atoms with Gasteiger partial charge in [-0.25, -0.2) is 9.78 Å². The molecule has 0 atom stereocenters. The zero-order valence-corrected chi connectivity index (χ0v) is 13.7. The van der Waals surface area contributed by atoms with Gasteiger partial charge in [-0.3, -0.25) is 0 Å². The summed E-state index contributed by atoms with van der Waals surface area (Å²) in [6, 6.07) is 8.49. The number of nitrogens with one attached hydrogen (secondary N) is 1. The smallest absolute Gasteiger partial charge is 0.335 e. The van der Waals surface area contributed by atoms with Crippen molar-refractivity contribution in [1.82, 2.24) is 4.98 Å². The van der Waals surface area contributed by atoms with Crippen molar-refractivity contribution in [2.75, 3.05) is 5.32 Å². The van der Waals surface area contributed by atoms with Crippen LogP contribution in [0.1, 0.15) is 29.4 Å². The predicted octanol–water partition coefficient (Wildman–Crippen LogP) is 4.89. The summed E-state index contributed by atoms with van der Waals surface area (Å²) in [6.45, 7) is 2.02. The Hall–Kier alpha value is -1.59. The Kier molecular flexibility index (Phi) is 5.20. The molecule has 6 heteroatoms. The Morgan fingerprint density at radius 3 is 2.81 bits per heavy atom. The number of aromatic carboxylic acids is 1. The van der Waals surface area contributed by atoms with Gasteiger partial charge < -0.3 is 10.4 Å². The maximum Gasteiger partial charge on any atom is 0.335 e. The molecule has 2 rings (SSSR count). The minimum absolute atomic E-state index is 0.210. The highest BCUT2D eigenvalue weighted by Gasteiger charge is 2.10. The van der Waals surface area contributed by atoms with Crippen LogP contribution in [0.5, 0.6) is 0 Å². The van der Waals surface area contributed by atoms with Crippen LogP contribution in [0, 0.1) is 0 Å². The molecule has 0 unspecified atom stereocenters. The lowest BCUT2D eigenvalue weighted by atomic mass is 10.1. The average molecular weight is 370 g/mol. The summed E-state index contributed by atoms with van der Waals surface area (Å²) in [5, 5.41) is 12.8. The number of halogens is 2. The summed E-state index contributed by atoms with van der Waals surface area (Å²) in [7, 11) is 0. The monoisotopic (exact) mass is 368 g/mol. The van der Waals surface area contributed by atoms with Gasteiger partial charge >= 0.3 is 5.97 Å². The Morgan fingerprint density at radius 2 is 2.14 bits per heavy atom. The molecule has 2 N–H and O–H groups in total. The molecule has 110 valence electrons. The van der Waals surface area contributed by atoms with E-state index in [1.54, 1.807) is 12.1 Å². The van der Waals surface area contributed by atoms with Gasteiger partial charge in [0.05, 0.1) is 16.3 Å². The summed E-state index contributed by atoms with van der Waals surface area (Å²) < 4.78 is 0.873. The first kappa shape index (κ1) is 15.8. The summed E-state index contributed by atoms with van der Waals surface area (Å²) in [4.78, 5) is 15.6. The number of hydrogen-bond acceptors (Lipinski definition) is 3. The third kappa shape index (κ3) is 4.19. The van der Waals surface area contributed by atoms with E-state index in [2.05, 4.69) is 26.2 Å². The topological polar surface area (TPSA) is 62.2 Å². The molecule has 0 bridgehead atoms. The number of carboxylic acids is 1. The van der Waals surface area contributed by atoms with Crippen LogP contribution in [0.3, 0.4) is 0 Å². The lowest BCUT2D eigenvalue weighted by molar-refractivity contribution is 0.0696. The van der Waals surface area contributed by atoms with Gasteiger partial charge in [-0.1, -0.05) is 40.9 Å². The van der Waals surface area contributed by atoms with Crippen molar-refractivity contribution in [3.63, 3.8) is 0 Å². The number of nitrogens with zero attached hydrogens (tertiary/aromatic N) is 1. The number of rotatable bonds is 5. The van der Waals surface area contributed by atoms with E-state index in [1.807, 2.05) is 19.1 Å². The summed E-state index contributed by atoms with van der Waals surface area (Å²) in [5.41, 5.74) is 1.62. The highest BCUT2D eigenvalue weighted by Crippen LogP contribution is 2.28. The van der Waals surface area contributed by atoms with Crippen LogP contribution in [0.2, 0.25) is 5.02 Å². The Morgan fingerprint density at radius 1 is 1.38 bits per heavy atom. The second-order valence-electron chi connectivity index (χ2n) is 4.54. The molecule has 1 aromatic heterocycles. The van der Waals surface area contributed by atoms with E-state index in [-0.39, 0.29) is 5.56 Å². The van der Waals surface area contributed by atoms with Gasteiger partial charge in [-0.2, -0.15) is 0 Å². The fourth-order valence-electron chi connectivity index (χ4n) is 1.89. The Labute approximate surface area is 136 Å². The zero-order chi connectivity index (χ0) is 15.4. The molecule has 1 aromatic carbocycles. The molecular weight excluding hydrogens is 356 g/mol. The molecule has 0 aliphatic heterocycles. The van der Waals surface area contributed by atoms with Crippen molar-refractivity contribution in [2.45, 2.75) is 19.8 Å². The number of hydrogen-bond donors (Lipinski definition) is 2. The van der Waals surface area contributed by atoms with Gasteiger partial charge in [0, 0.05) is 10.2 Å². The Balaban J connectivity index is 2.38. The fourth-order valence-corrected chi connectivity index (χ4v) is 2.42. The van der Waals surface area contributed by atoms with E-state index in [9.17, 15) is 9.90 Å². The number of anilines is 2. The first-order valence-electron chi connectivity index (χ1n) is 6.46. The van der Waals surface area contributed by atoms with Crippen molar-refractivity contribution in [1.29, 1.82) is 0 Å².